The Bertz CT molecular complexity index is 710. The van der Waals surface area contributed by atoms with E-state index in [1.165, 1.54) is 0 Å². The third-order valence-electron chi connectivity index (χ3n) is 7.56. The summed E-state index contributed by atoms with van der Waals surface area (Å²) in [4.78, 5) is 23.7. The lowest BCUT2D eigenvalue weighted by atomic mass is 9.69. The highest BCUT2D eigenvalue weighted by atomic mass is 19.4. The van der Waals surface area contributed by atoms with Crippen molar-refractivity contribution in [2.45, 2.75) is 111 Å². The van der Waals surface area contributed by atoms with Gasteiger partial charge in [-0.3, -0.25) is 9.59 Å². The van der Waals surface area contributed by atoms with E-state index in [1.807, 2.05) is 6.92 Å². The fourth-order valence-electron chi connectivity index (χ4n) is 5.46. The number of halogens is 3. The average Bonchev–Trinajstić information content (AvgIpc) is 3.50. The predicted molar refractivity (Wildman–Crippen MR) is 134 cm³/mol. The number of hydrogen-bond donors (Lipinski definition) is 0. The fraction of sp³-hybridized carbons (Fsp3) is 0.926. The number of carbonyl (C=O) groups excluding carboxylic acids is 2. The Morgan fingerprint density at radius 1 is 0.763 bits per heavy atom. The molecule has 0 aromatic heterocycles. The molecule has 0 aromatic rings. The smallest absolute Gasteiger partial charge is 0.389 e. The van der Waals surface area contributed by atoms with Crippen molar-refractivity contribution < 1.29 is 51.2 Å². The minimum Gasteiger partial charge on any atom is -0.466 e. The molecular formula is C27H47F3O8. The quantitative estimate of drug-likeness (QED) is 0.371. The normalized spacial score (nSPS) is 24.9. The number of ether oxygens (including phenoxy) is 6. The van der Waals surface area contributed by atoms with Crippen LogP contribution in [0.1, 0.15) is 92.9 Å². The summed E-state index contributed by atoms with van der Waals surface area (Å²) in [6.45, 7) is 6.49. The van der Waals surface area contributed by atoms with E-state index in [9.17, 15) is 22.8 Å². The second-order valence-corrected chi connectivity index (χ2v) is 9.86. The van der Waals surface area contributed by atoms with Crippen LogP contribution < -0.4 is 0 Å². The maximum absolute atomic E-state index is 12.5. The summed E-state index contributed by atoms with van der Waals surface area (Å²) in [5, 5.41) is 0. The van der Waals surface area contributed by atoms with E-state index in [0.717, 1.165) is 25.7 Å². The third kappa shape index (κ3) is 9.06. The standard InChI is InChI=1S/C14H21F3O4.C11H18O4.2CH4/c1-2-19-11(18)12(5-8-14(15,16)17)3-6-13(7-4-12)20-9-10-21-13;1-2-13-10(12)9-3-5-11(6-4-9)14-7-8-15-11;;/h2-10H2,1H3;9H,2-8H2,1H3;2*1H4. The molecule has 2 saturated heterocycles. The van der Waals surface area contributed by atoms with E-state index in [2.05, 4.69) is 0 Å². The Hall–Kier alpha value is -1.43. The zero-order chi connectivity index (χ0) is 26.3. The van der Waals surface area contributed by atoms with Gasteiger partial charge >= 0.3 is 18.1 Å². The molecule has 2 aliphatic heterocycles. The van der Waals surface area contributed by atoms with Crippen LogP contribution in [0.25, 0.3) is 0 Å². The van der Waals surface area contributed by atoms with Gasteiger partial charge in [-0.05, 0) is 46.0 Å². The van der Waals surface area contributed by atoms with Crippen molar-refractivity contribution in [2.24, 2.45) is 11.3 Å². The number of rotatable bonds is 6. The van der Waals surface area contributed by atoms with Crippen molar-refractivity contribution in [3.8, 4) is 0 Å². The van der Waals surface area contributed by atoms with E-state index in [-0.39, 0.29) is 45.6 Å². The lowest BCUT2D eigenvalue weighted by Gasteiger charge is -2.42. The van der Waals surface area contributed by atoms with Gasteiger partial charge in [-0.1, -0.05) is 14.9 Å². The van der Waals surface area contributed by atoms with Crippen LogP contribution in [0, 0.1) is 11.3 Å². The van der Waals surface area contributed by atoms with E-state index in [1.54, 1.807) is 6.92 Å². The first-order chi connectivity index (χ1) is 17.1. The second kappa shape index (κ2) is 14.8. The van der Waals surface area contributed by atoms with Crippen LogP contribution in [-0.4, -0.2) is 69.3 Å². The van der Waals surface area contributed by atoms with Gasteiger partial charge < -0.3 is 28.4 Å². The van der Waals surface area contributed by atoms with Crippen molar-refractivity contribution in [3.05, 3.63) is 0 Å². The molecule has 2 spiro atoms. The summed E-state index contributed by atoms with van der Waals surface area (Å²) in [5.74, 6) is -1.62. The molecule has 11 heteroatoms. The van der Waals surface area contributed by atoms with Crippen molar-refractivity contribution in [1.29, 1.82) is 0 Å². The molecule has 0 bridgehead atoms. The van der Waals surface area contributed by atoms with Crippen molar-refractivity contribution in [2.75, 3.05) is 39.6 Å². The minimum absolute atomic E-state index is 0. The maximum atomic E-state index is 12.5. The van der Waals surface area contributed by atoms with Gasteiger partial charge in [0.15, 0.2) is 11.6 Å². The molecule has 224 valence electrons. The average molecular weight is 557 g/mol. The van der Waals surface area contributed by atoms with Gasteiger partial charge in [0, 0.05) is 32.1 Å². The Kier molecular flexibility index (Phi) is 13.5. The van der Waals surface area contributed by atoms with Crippen molar-refractivity contribution >= 4 is 11.9 Å². The highest BCUT2D eigenvalue weighted by molar-refractivity contribution is 5.77. The van der Waals surface area contributed by atoms with Gasteiger partial charge in [-0.2, -0.15) is 13.2 Å². The summed E-state index contributed by atoms with van der Waals surface area (Å²) in [6.07, 6.45) is -0.720. The molecule has 0 amide bonds. The van der Waals surface area contributed by atoms with Crippen LogP contribution in [0.5, 0.6) is 0 Å². The molecular weight excluding hydrogens is 509 g/mol. The number of carbonyl (C=O) groups is 2. The van der Waals surface area contributed by atoms with Crippen molar-refractivity contribution in [1.82, 2.24) is 0 Å². The summed E-state index contributed by atoms with van der Waals surface area (Å²) >= 11 is 0. The van der Waals surface area contributed by atoms with Gasteiger partial charge in [0.1, 0.15) is 0 Å². The van der Waals surface area contributed by atoms with Crippen LogP contribution >= 0.6 is 0 Å². The molecule has 0 aromatic carbocycles. The molecule has 4 rings (SSSR count). The molecule has 2 heterocycles. The lowest BCUT2D eigenvalue weighted by molar-refractivity contribution is -0.203. The number of esters is 2. The zero-order valence-corrected chi connectivity index (χ0v) is 21.3. The van der Waals surface area contributed by atoms with E-state index >= 15 is 0 Å². The Balaban J connectivity index is 0.000000378. The molecule has 8 nitrogen and oxygen atoms in total. The number of alkyl halides is 3. The van der Waals surface area contributed by atoms with Gasteiger partial charge in [0.25, 0.3) is 0 Å². The summed E-state index contributed by atoms with van der Waals surface area (Å²) in [6, 6.07) is 0. The second-order valence-electron chi connectivity index (χ2n) is 9.86. The predicted octanol–water partition coefficient (Wildman–Crippen LogP) is 5.95. The van der Waals surface area contributed by atoms with Crippen LogP contribution in [0.15, 0.2) is 0 Å². The molecule has 0 atom stereocenters. The highest BCUT2D eigenvalue weighted by Gasteiger charge is 2.51. The van der Waals surface area contributed by atoms with Crippen LogP contribution in [0.4, 0.5) is 13.2 Å². The first kappa shape index (κ1) is 34.6. The first-order valence-electron chi connectivity index (χ1n) is 13.0. The van der Waals surface area contributed by atoms with Crippen LogP contribution in [0.3, 0.4) is 0 Å². The molecule has 4 aliphatic rings. The largest absolute Gasteiger partial charge is 0.466 e. The Morgan fingerprint density at radius 3 is 1.63 bits per heavy atom. The Labute approximate surface area is 225 Å². The lowest BCUT2D eigenvalue weighted by Crippen LogP contribution is -2.45. The molecule has 0 radical (unpaired) electrons. The van der Waals surface area contributed by atoms with Gasteiger partial charge in [0.05, 0.1) is 51.0 Å². The SMILES string of the molecule is C.C.CCOC(=O)C1(CCC(F)(F)F)CCC2(CC1)OCCO2.CCOC(=O)C1CCC2(CC1)OCCO2. The van der Waals surface area contributed by atoms with E-state index in [0.29, 0.717) is 58.7 Å². The topological polar surface area (TPSA) is 89.5 Å². The minimum atomic E-state index is -4.27. The summed E-state index contributed by atoms with van der Waals surface area (Å²) in [7, 11) is 0. The fourth-order valence-corrected chi connectivity index (χ4v) is 5.46. The first-order valence-corrected chi connectivity index (χ1v) is 13.0. The molecule has 0 N–H and O–H groups in total. The Morgan fingerprint density at radius 2 is 1.21 bits per heavy atom. The molecule has 38 heavy (non-hydrogen) atoms. The maximum Gasteiger partial charge on any atom is 0.389 e. The van der Waals surface area contributed by atoms with Gasteiger partial charge in [0.2, 0.25) is 0 Å². The van der Waals surface area contributed by atoms with Crippen LogP contribution in [-0.2, 0) is 38.0 Å². The molecule has 4 fully saturated rings. The van der Waals surface area contributed by atoms with E-state index in [4.69, 9.17) is 28.4 Å². The number of hydrogen-bond acceptors (Lipinski definition) is 8. The molecule has 2 aliphatic carbocycles. The highest BCUT2D eigenvalue weighted by Crippen LogP contribution is 2.49. The van der Waals surface area contributed by atoms with Crippen molar-refractivity contribution in [3.63, 3.8) is 0 Å². The van der Waals surface area contributed by atoms with Crippen LogP contribution in [0.2, 0.25) is 0 Å². The molecule has 2 saturated carbocycles. The summed E-state index contributed by atoms with van der Waals surface area (Å²) < 4.78 is 69.9. The zero-order valence-electron chi connectivity index (χ0n) is 21.3. The monoisotopic (exact) mass is 556 g/mol. The molecule has 0 unspecified atom stereocenters. The third-order valence-corrected chi connectivity index (χ3v) is 7.56. The van der Waals surface area contributed by atoms with Gasteiger partial charge in [-0.25, -0.2) is 0 Å². The van der Waals surface area contributed by atoms with Gasteiger partial charge in [-0.15, -0.1) is 0 Å². The summed E-state index contributed by atoms with van der Waals surface area (Å²) in [5.41, 5.74) is -1.06. The van der Waals surface area contributed by atoms with E-state index < -0.39 is 29.8 Å².